The normalized spacial score (nSPS) is 19.2. The van der Waals surface area contributed by atoms with E-state index in [-0.39, 0.29) is 35.8 Å². The van der Waals surface area contributed by atoms with Crippen LogP contribution in [0.2, 0.25) is 0 Å². The number of hydrogen-bond acceptors (Lipinski definition) is 11. The molecule has 0 saturated carbocycles. The summed E-state index contributed by atoms with van der Waals surface area (Å²) in [5.41, 5.74) is 0.371. The topological polar surface area (TPSA) is 168 Å². The molecule has 3 fully saturated rings. The molecule has 14 nitrogen and oxygen atoms in total. The monoisotopic (exact) mass is 800 g/mol. The third-order valence-electron chi connectivity index (χ3n) is 11.2. The van der Waals surface area contributed by atoms with Gasteiger partial charge in [0.1, 0.15) is 17.6 Å². The van der Waals surface area contributed by atoms with Gasteiger partial charge in [0.2, 0.25) is 17.7 Å². The highest BCUT2D eigenvalue weighted by Crippen LogP contribution is 2.36. The van der Waals surface area contributed by atoms with Crippen LogP contribution in [0.25, 0.3) is 0 Å². The Labute approximate surface area is 332 Å². The minimum Gasteiger partial charge on any atom is -0.494 e. The first-order valence-corrected chi connectivity index (χ1v) is 19.5. The lowest BCUT2D eigenvalue weighted by Gasteiger charge is -2.36. The number of nitrogens with zero attached hydrogens (tertiary/aromatic N) is 6. The van der Waals surface area contributed by atoms with Crippen molar-refractivity contribution in [3.05, 3.63) is 77.0 Å². The zero-order valence-electron chi connectivity index (χ0n) is 31.7. The van der Waals surface area contributed by atoms with E-state index in [4.69, 9.17) is 10.00 Å². The molecule has 0 radical (unpaired) electrons. The number of pyridine rings is 1. The Bertz CT molecular complexity index is 2110. The standard InChI is InChI=1S/C41H43F3N8O6/c42-41(43,44)33-22-28(5-4-27(33)24-45)50-15-12-26(13-16-50)37(54)47-35-10-6-29(25-46-35)51-19-17-49(18-20-51)14-2-1-3-21-58-30-7-8-31-32(23-30)40(57)52(39(31)56)34-9-11-36(53)48-38(34)55/h4-8,10,22-23,25-26,34H,1-3,9,11-21H2,(H,46,47,54)(H,48,53,55). The highest BCUT2D eigenvalue weighted by atomic mass is 19.4. The second-order valence-electron chi connectivity index (χ2n) is 14.9. The van der Waals surface area contributed by atoms with Gasteiger partial charge in [-0.3, -0.25) is 39.1 Å². The van der Waals surface area contributed by atoms with E-state index < -0.39 is 47.0 Å². The summed E-state index contributed by atoms with van der Waals surface area (Å²) < 4.78 is 46.2. The molecule has 1 unspecified atom stereocenters. The molecule has 0 spiro atoms. The summed E-state index contributed by atoms with van der Waals surface area (Å²) in [4.78, 5) is 74.7. The molecule has 3 aromatic rings. The first-order chi connectivity index (χ1) is 27.9. The van der Waals surface area contributed by atoms with E-state index in [0.29, 0.717) is 49.8 Å². The SMILES string of the molecule is N#Cc1ccc(N2CCC(C(=O)Nc3ccc(N4CCN(CCCCCOc5ccc6c(c5)C(=O)N(C5CCC(=O)NC5=O)C6=O)CC4)cn3)CC2)cc1C(F)(F)F. The molecule has 7 rings (SSSR count). The highest BCUT2D eigenvalue weighted by Gasteiger charge is 2.45. The lowest BCUT2D eigenvalue weighted by atomic mass is 9.95. The van der Waals surface area contributed by atoms with Crippen LogP contribution < -0.4 is 25.2 Å². The minimum atomic E-state index is -4.63. The molecular weight excluding hydrogens is 757 g/mol. The predicted molar refractivity (Wildman–Crippen MR) is 205 cm³/mol. The van der Waals surface area contributed by atoms with Crippen molar-refractivity contribution in [2.45, 2.75) is 57.2 Å². The number of nitriles is 1. The van der Waals surface area contributed by atoms with Crippen molar-refractivity contribution in [3.63, 3.8) is 0 Å². The average Bonchev–Trinajstić information content (AvgIpc) is 3.47. The van der Waals surface area contributed by atoms with Crippen molar-refractivity contribution in [3.8, 4) is 11.8 Å². The molecule has 2 aromatic carbocycles. The summed E-state index contributed by atoms with van der Waals surface area (Å²) in [5.74, 6) is -1.74. The molecule has 3 saturated heterocycles. The number of anilines is 3. The molecule has 5 amide bonds. The van der Waals surface area contributed by atoms with Crippen LogP contribution in [0.3, 0.4) is 0 Å². The van der Waals surface area contributed by atoms with E-state index in [1.807, 2.05) is 6.07 Å². The number of imide groups is 2. The van der Waals surface area contributed by atoms with Crippen molar-refractivity contribution in [1.82, 2.24) is 20.1 Å². The zero-order valence-corrected chi connectivity index (χ0v) is 31.7. The fourth-order valence-corrected chi connectivity index (χ4v) is 7.91. The first-order valence-electron chi connectivity index (χ1n) is 19.5. The van der Waals surface area contributed by atoms with Gasteiger partial charge < -0.3 is 19.9 Å². The number of amides is 5. The second-order valence-corrected chi connectivity index (χ2v) is 14.9. The number of benzene rings is 2. The van der Waals surface area contributed by atoms with Crippen molar-refractivity contribution in [2.75, 3.05) is 67.5 Å². The number of alkyl halides is 3. The number of ether oxygens (including phenoxy) is 1. The Balaban J connectivity index is 0.781. The highest BCUT2D eigenvalue weighted by molar-refractivity contribution is 6.23. The number of halogens is 3. The number of unbranched alkanes of at least 4 members (excludes halogenated alkanes) is 2. The lowest BCUT2D eigenvalue weighted by Crippen LogP contribution is -2.54. The van der Waals surface area contributed by atoms with E-state index in [0.717, 1.165) is 68.6 Å². The molecule has 4 aliphatic rings. The Kier molecular flexibility index (Phi) is 11.9. The van der Waals surface area contributed by atoms with Crippen LogP contribution in [0.15, 0.2) is 54.7 Å². The van der Waals surface area contributed by atoms with Crippen molar-refractivity contribution >= 4 is 46.7 Å². The minimum absolute atomic E-state index is 0.0617. The van der Waals surface area contributed by atoms with E-state index in [2.05, 4.69) is 25.4 Å². The molecule has 2 N–H and O–H groups in total. The van der Waals surface area contributed by atoms with Crippen LogP contribution in [-0.2, 0) is 20.6 Å². The van der Waals surface area contributed by atoms with E-state index >= 15 is 0 Å². The summed E-state index contributed by atoms with van der Waals surface area (Å²) in [6.07, 6.45) is 0.979. The number of hydrogen-bond donors (Lipinski definition) is 2. The number of carbonyl (C=O) groups excluding carboxylic acids is 5. The molecule has 0 bridgehead atoms. The average molecular weight is 801 g/mol. The molecule has 58 heavy (non-hydrogen) atoms. The fraction of sp³-hybridized carbons (Fsp3) is 0.439. The maximum Gasteiger partial charge on any atom is 0.417 e. The van der Waals surface area contributed by atoms with Gasteiger partial charge in [-0.15, -0.1) is 0 Å². The van der Waals surface area contributed by atoms with Gasteiger partial charge in [-0.2, -0.15) is 18.4 Å². The van der Waals surface area contributed by atoms with Gasteiger partial charge in [0.15, 0.2) is 0 Å². The van der Waals surface area contributed by atoms with Crippen LogP contribution in [0.4, 0.5) is 30.4 Å². The largest absolute Gasteiger partial charge is 0.494 e. The lowest BCUT2D eigenvalue weighted by molar-refractivity contribution is -0.138. The van der Waals surface area contributed by atoms with E-state index in [1.54, 1.807) is 29.3 Å². The zero-order chi connectivity index (χ0) is 41.0. The number of aromatic nitrogens is 1. The van der Waals surface area contributed by atoms with Gasteiger partial charge in [0.05, 0.1) is 46.8 Å². The van der Waals surface area contributed by atoms with Gasteiger partial charge in [-0.25, -0.2) is 4.98 Å². The maximum atomic E-state index is 13.4. The molecule has 304 valence electrons. The first kappa shape index (κ1) is 40.2. The fourth-order valence-electron chi connectivity index (χ4n) is 7.91. The molecule has 1 aromatic heterocycles. The number of rotatable bonds is 12. The number of fused-ring (bicyclic) bond motifs is 1. The van der Waals surface area contributed by atoms with Gasteiger partial charge >= 0.3 is 6.18 Å². The number of carbonyl (C=O) groups is 5. The smallest absolute Gasteiger partial charge is 0.417 e. The second kappa shape index (κ2) is 17.2. The molecule has 5 heterocycles. The predicted octanol–water partition coefficient (Wildman–Crippen LogP) is 4.60. The van der Waals surface area contributed by atoms with E-state index in [1.165, 1.54) is 24.3 Å². The maximum absolute atomic E-state index is 13.4. The summed E-state index contributed by atoms with van der Waals surface area (Å²) in [6, 6.07) is 12.7. The van der Waals surface area contributed by atoms with Gasteiger partial charge in [0.25, 0.3) is 11.8 Å². The van der Waals surface area contributed by atoms with Crippen LogP contribution in [-0.4, -0.2) is 103 Å². The Morgan fingerprint density at radius 1 is 0.862 bits per heavy atom. The summed E-state index contributed by atoms with van der Waals surface area (Å²) in [7, 11) is 0. The van der Waals surface area contributed by atoms with Crippen LogP contribution >= 0.6 is 0 Å². The summed E-state index contributed by atoms with van der Waals surface area (Å²) in [5, 5.41) is 14.2. The summed E-state index contributed by atoms with van der Waals surface area (Å²) in [6.45, 7) is 5.67. The van der Waals surface area contributed by atoms with Crippen LogP contribution in [0.5, 0.6) is 5.75 Å². The number of piperazine rings is 1. The Morgan fingerprint density at radius 3 is 2.28 bits per heavy atom. The van der Waals surface area contributed by atoms with Gasteiger partial charge in [-0.1, -0.05) is 0 Å². The molecule has 17 heteroatoms. The third-order valence-corrected chi connectivity index (χ3v) is 11.2. The molecule has 1 atom stereocenters. The van der Waals surface area contributed by atoms with Crippen molar-refractivity contribution < 1.29 is 41.9 Å². The quantitative estimate of drug-likeness (QED) is 0.194. The number of piperidine rings is 2. The Hall–Kier alpha value is -6.02. The Morgan fingerprint density at radius 2 is 1.59 bits per heavy atom. The van der Waals surface area contributed by atoms with Crippen molar-refractivity contribution in [2.24, 2.45) is 5.92 Å². The summed E-state index contributed by atoms with van der Waals surface area (Å²) >= 11 is 0. The van der Waals surface area contributed by atoms with Gasteiger partial charge in [0, 0.05) is 57.3 Å². The molecular formula is C41H43F3N8O6. The number of nitrogens with one attached hydrogen (secondary N) is 2. The molecule has 4 aliphatic heterocycles. The van der Waals surface area contributed by atoms with Gasteiger partial charge in [-0.05, 0) is 93.6 Å². The van der Waals surface area contributed by atoms with Crippen molar-refractivity contribution in [1.29, 1.82) is 5.26 Å². The third kappa shape index (κ3) is 8.91. The van der Waals surface area contributed by atoms with Crippen LogP contribution in [0, 0.1) is 17.2 Å². The molecule has 0 aliphatic carbocycles. The van der Waals surface area contributed by atoms with Crippen LogP contribution in [0.1, 0.15) is 76.8 Å². The van der Waals surface area contributed by atoms with E-state index in [9.17, 15) is 37.1 Å².